The quantitative estimate of drug-likeness (QED) is 0.341. The fourth-order valence-corrected chi connectivity index (χ4v) is 4.94. The zero-order valence-electron chi connectivity index (χ0n) is 21.4. The number of anilines is 3. The summed E-state index contributed by atoms with van der Waals surface area (Å²) in [5.41, 5.74) is 3.28. The smallest absolute Gasteiger partial charge is 0.227 e. The van der Waals surface area contributed by atoms with Crippen LogP contribution < -0.4 is 15.6 Å². The molecule has 1 fully saturated rings. The molecule has 9 nitrogen and oxygen atoms in total. The number of rotatable bonds is 5. The third-order valence-electron chi connectivity index (χ3n) is 6.69. The third kappa shape index (κ3) is 4.37. The molecule has 1 aliphatic rings. The van der Waals surface area contributed by atoms with Gasteiger partial charge in [0.15, 0.2) is 17.1 Å². The summed E-state index contributed by atoms with van der Waals surface area (Å²) in [7, 11) is 0. The SMILES string of the molecule is Cc1nc2c(F)cc(-c3ccnc(Nc4ccc5c(=O)cc(N6CCOCC6)oc5c4)n3)cc2n1C(C)C. The molecule has 5 aromatic rings. The molecule has 1 N–H and O–H groups in total. The molecule has 1 aliphatic heterocycles. The lowest BCUT2D eigenvalue weighted by atomic mass is 10.1. The molecule has 0 radical (unpaired) electrons. The molecule has 0 spiro atoms. The van der Waals surface area contributed by atoms with Crippen LogP contribution in [-0.4, -0.2) is 45.8 Å². The van der Waals surface area contributed by atoms with Crippen LogP contribution in [0, 0.1) is 12.7 Å². The van der Waals surface area contributed by atoms with Crippen molar-refractivity contribution in [3.8, 4) is 11.3 Å². The molecule has 0 atom stereocenters. The highest BCUT2D eigenvalue weighted by Gasteiger charge is 2.18. The topological polar surface area (TPSA) is 98.3 Å². The number of hydrogen-bond acceptors (Lipinski definition) is 8. The molecule has 0 saturated carbocycles. The average Bonchev–Trinajstić information content (AvgIpc) is 3.26. The van der Waals surface area contributed by atoms with Crippen LogP contribution in [0.3, 0.4) is 0 Å². The predicted molar refractivity (Wildman–Crippen MR) is 145 cm³/mol. The highest BCUT2D eigenvalue weighted by atomic mass is 19.1. The van der Waals surface area contributed by atoms with Crippen LogP contribution >= 0.6 is 0 Å². The lowest BCUT2D eigenvalue weighted by Crippen LogP contribution is -2.36. The summed E-state index contributed by atoms with van der Waals surface area (Å²) < 4.78 is 28.5. The van der Waals surface area contributed by atoms with E-state index in [0.29, 0.717) is 71.6 Å². The largest absolute Gasteiger partial charge is 0.440 e. The van der Waals surface area contributed by atoms with Gasteiger partial charge in [-0.05, 0) is 51.1 Å². The Morgan fingerprint density at radius 3 is 2.66 bits per heavy atom. The number of morpholine rings is 1. The molecule has 0 aliphatic carbocycles. The molecule has 10 heteroatoms. The Kier molecular flexibility index (Phi) is 6.03. The number of imidazole rings is 1. The van der Waals surface area contributed by atoms with Crippen molar-refractivity contribution in [3.05, 3.63) is 70.5 Å². The standard InChI is InChI=1S/C28H27FN6O3/c1-16(2)35-17(3)31-27-21(29)12-18(13-23(27)35)22-6-7-30-28(33-22)32-19-4-5-20-24(36)15-26(38-25(20)14-19)34-8-10-37-11-9-34/h4-7,12-16H,8-11H2,1-3H3,(H,30,32,33). The van der Waals surface area contributed by atoms with Crippen LogP contribution in [-0.2, 0) is 4.74 Å². The van der Waals surface area contributed by atoms with Crippen molar-refractivity contribution in [1.29, 1.82) is 0 Å². The highest BCUT2D eigenvalue weighted by molar-refractivity contribution is 5.84. The van der Waals surface area contributed by atoms with Gasteiger partial charge in [-0.2, -0.15) is 0 Å². The van der Waals surface area contributed by atoms with E-state index in [9.17, 15) is 4.79 Å². The Labute approximate surface area is 217 Å². The van der Waals surface area contributed by atoms with Crippen molar-refractivity contribution >= 4 is 39.5 Å². The van der Waals surface area contributed by atoms with Gasteiger partial charge in [0.2, 0.25) is 5.95 Å². The molecular formula is C28H27FN6O3. The van der Waals surface area contributed by atoms with Gasteiger partial charge in [-0.25, -0.2) is 19.3 Å². The summed E-state index contributed by atoms with van der Waals surface area (Å²) >= 11 is 0. The van der Waals surface area contributed by atoms with Gasteiger partial charge in [0.1, 0.15) is 16.9 Å². The highest BCUT2D eigenvalue weighted by Crippen LogP contribution is 2.30. The maximum Gasteiger partial charge on any atom is 0.227 e. The van der Waals surface area contributed by atoms with Crippen LogP contribution in [0.1, 0.15) is 25.7 Å². The van der Waals surface area contributed by atoms with Crippen LogP contribution in [0.5, 0.6) is 0 Å². The summed E-state index contributed by atoms with van der Waals surface area (Å²) in [6.45, 7) is 8.47. The fourth-order valence-electron chi connectivity index (χ4n) is 4.94. The first-order valence-corrected chi connectivity index (χ1v) is 12.6. The first-order chi connectivity index (χ1) is 18.4. The van der Waals surface area contributed by atoms with Gasteiger partial charge >= 0.3 is 0 Å². The van der Waals surface area contributed by atoms with Gasteiger partial charge in [0.25, 0.3) is 0 Å². The van der Waals surface area contributed by atoms with Crippen molar-refractivity contribution in [2.24, 2.45) is 0 Å². The van der Waals surface area contributed by atoms with Crippen LogP contribution in [0.2, 0.25) is 0 Å². The van der Waals surface area contributed by atoms with Crippen molar-refractivity contribution in [3.63, 3.8) is 0 Å². The molecule has 0 bridgehead atoms. The minimum Gasteiger partial charge on any atom is -0.440 e. The molecule has 1 saturated heterocycles. The van der Waals surface area contributed by atoms with E-state index in [0.717, 1.165) is 11.3 Å². The minimum atomic E-state index is -0.395. The first-order valence-electron chi connectivity index (χ1n) is 12.6. The minimum absolute atomic E-state index is 0.106. The van der Waals surface area contributed by atoms with E-state index < -0.39 is 5.82 Å². The van der Waals surface area contributed by atoms with E-state index in [2.05, 4.69) is 20.3 Å². The molecule has 3 aromatic heterocycles. The second-order valence-corrected chi connectivity index (χ2v) is 9.60. The van der Waals surface area contributed by atoms with Crippen LogP contribution in [0.4, 0.5) is 21.9 Å². The van der Waals surface area contributed by atoms with Gasteiger partial charge < -0.3 is 23.9 Å². The Bertz CT molecular complexity index is 1720. The molecule has 0 unspecified atom stereocenters. The average molecular weight is 515 g/mol. The van der Waals surface area contributed by atoms with Crippen molar-refractivity contribution < 1.29 is 13.5 Å². The summed E-state index contributed by atoms with van der Waals surface area (Å²) in [4.78, 5) is 28.1. The normalized spacial score (nSPS) is 14.1. The first kappa shape index (κ1) is 24.1. The van der Waals surface area contributed by atoms with Crippen molar-refractivity contribution in [2.45, 2.75) is 26.8 Å². The summed E-state index contributed by atoms with van der Waals surface area (Å²) in [5, 5.41) is 3.67. The summed E-state index contributed by atoms with van der Waals surface area (Å²) in [6.07, 6.45) is 1.62. The predicted octanol–water partition coefficient (Wildman–Crippen LogP) is 5.21. The summed E-state index contributed by atoms with van der Waals surface area (Å²) in [5.74, 6) is 1.22. The second kappa shape index (κ2) is 9.53. The van der Waals surface area contributed by atoms with Crippen molar-refractivity contribution in [1.82, 2.24) is 19.5 Å². The monoisotopic (exact) mass is 514 g/mol. The number of benzene rings is 2. The Morgan fingerprint density at radius 2 is 1.87 bits per heavy atom. The van der Waals surface area contributed by atoms with Gasteiger partial charge in [-0.15, -0.1) is 0 Å². The molecule has 194 valence electrons. The number of halogens is 1. The van der Waals surface area contributed by atoms with E-state index in [1.165, 1.54) is 12.1 Å². The number of fused-ring (bicyclic) bond motifs is 2. The molecule has 38 heavy (non-hydrogen) atoms. The number of nitrogens with one attached hydrogen (secondary N) is 1. The molecular weight excluding hydrogens is 487 g/mol. The Morgan fingerprint density at radius 1 is 1.05 bits per heavy atom. The lowest BCUT2D eigenvalue weighted by Gasteiger charge is -2.27. The molecule has 2 aromatic carbocycles. The molecule has 0 amide bonds. The van der Waals surface area contributed by atoms with Crippen molar-refractivity contribution in [2.75, 3.05) is 36.5 Å². The van der Waals surface area contributed by atoms with Gasteiger partial charge in [0, 0.05) is 48.7 Å². The third-order valence-corrected chi connectivity index (χ3v) is 6.69. The number of aryl methyl sites for hydroxylation is 1. The number of aromatic nitrogens is 4. The van der Waals surface area contributed by atoms with E-state index >= 15 is 4.39 Å². The van der Waals surface area contributed by atoms with Gasteiger partial charge in [0.05, 0.1) is 29.8 Å². The van der Waals surface area contributed by atoms with E-state index in [1.807, 2.05) is 36.3 Å². The molecule has 4 heterocycles. The summed E-state index contributed by atoms with van der Waals surface area (Å²) in [6, 6.07) is 12.0. The van der Waals surface area contributed by atoms with Crippen LogP contribution in [0.25, 0.3) is 33.3 Å². The number of hydrogen-bond donors (Lipinski definition) is 1. The van der Waals surface area contributed by atoms with Gasteiger partial charge in [-0.3, -0.25) is 4.79 Å². The Balaban J connectivity index is 1.33. The Hall–Kier alpha value is -4.31. The van der Waals surface area contributed by atoms with Crippen LogP contribution in [0.15, 0.2) is 57.9 Å². The lowest BCUT2D eigenvalue weighted by molar-refractivity contribution is 0.121. The zero-order chi connectivity index (χ0) is 26.4. The maximum atomic E-state index is 15.0. The van der Waals surface area contributed by atoms with Gasteiger partial charge in [-0.1, -0.05) is 0 Å². The fraction of sp³-hybridized carbons (Fsp3) is 0.286. The second-order valence-electron chi connectivity index (χ2n) is 9.60. The maximum absolute atomic E-state index is 15.0. The van der Waals surface area contributed by atoms with E-state index in [-0.39, 0.29) is 11.5 Å². The number of ether oxygens (including phenoxy) is 1. The zero-order valence-corrected chi connectivity index (χ0v) is 21.4. The van der Waals surface area contributed by atoms with E-state index in [1.54, 1.807) is 30.5 Å². The molecule has 6 rings (SSSR count). The number of nitrogens with zero attached hydrogens (tertiary/aromatic N) is 5. The van der Waals surface area contributed by atoms with E-state index in [4.69, 9.17) is 9.15 Å².